The van der Waals surface area contributed by atoms with E-state index in [-0.39, 0.29) is 139 Å². The number of unbranched alkanes of at least 4 members (excludes halogenated alkanes) is 2. The van der Waals surface area contributed by atoms with Crippen molar-refractivity contribution in [2.45, 2.75) is 236 Å². The monoisotopic (exact) mass is 1590 g/mol. The minimum atomic E-state index is -1.81. The molecule has 2 saturated heterocycles. The summed E-state index contributed by atoms with van der Waals surface area (Å²) in [7, 11) is 0. The van der Waals surface area contributed by atoms with Crippen molar-refractivity contribution in [1.82, 2.24) is 68.7 Å². The quantitative estimate of drug-likeness (QED) is 0.0171. The zero-order valence-electron chi connectivity index (χ0n) is 65.7. The van der Waals surface area contributed by atoms with Gasteiger partial charge >= 0.3 is 5.97 Å². The van der Waals surface area contributed by atoms with E-state index < -0.39 is 181 Å². The minimum Gasteiger partial charge on any atom is -0.508 e. The molecule has 0 bridgehead atoms. The van der Waals surface area contributed by atoms with E-state index in [0.29, 0.717) is 49.8 Å². The zero-order chi connectivity index (χ0) is 83.9. The number of carbonyl (C=O) groups is 14. The van der Waals surface area contributed by atoms with Gasteiger partial charge in [0.05, 0.1) is 19.0 Å². The fourth-order valence-electron chi connectivity index (χ4n) is 12.8. The van der Waals surface area contributed by atoms with E-state index in [9.17, 15) is 67.7 Å². The number of nitrogens with one attached hydrogen (secondary N) is 12. The molecule has 2 aliphatic heterocycles. The molecule has 0 radical (unpaired) electrons. The molecule has 628 valence electrons. The number of amides is 13. The molecule has 13 atom stereocenters. The topological polar surface area (TPSA) is 634 Å². The molecule has 38 heteroatoms. The van der Waals surface area contributed by atoms with Crippen molar-refractivity contribution in [3.63, 3.8) is 0 Å². The zero-order valence-corrected chi connectivity index (χ0v) is 65.7. The smallest absolute Gasteiger partial charge is 0.326 e. The number of rotatable bonds is 44. The number of carboxylic acid groups (broad SMARTS) is 1. The minimum absolute atomic E-state index is 0.00578. The van der Waals surface area contributed by atoms with Crippen LogP contribution in [-0.2, 0) is 80.0 Å². The first-order valence-corrected chi connectivity index (χ1v) is 38.8. The van der Waals surface area contributed by atoms with Crippen LogP contribution in [0.15, 0.2) is 64.6 Å². The van der Waals surface area contributed by atoms with Crippen LogP contribution in [0.3, 0.4) is 0 Å². The lowest BCUT2D eigenvalue weighted by Gasteiger charge is -2.32. The first-order valence-electron chi connectivity index (χ1n) is 38.8. The largest absolute Gasteiger partial charge is 0.508 e. The second-order valence-corrected chi connectivity index (χ2v) is 29.5. The molecule has 0 spiro atoms. The lowest BCUT2D eigenvalue weighted by Crippen LogP contribution is -2.61. The third-order valence-corrected chi connectivity index (χ3v) is 19.1. The fourth-order valence-corrected chi connectivity index (χ4v) is 12.8. The molecule has 2 heterocycles. The van der Waals surface area contributed by atoms with Gasteiger partial charge in [0, 0.05) is 32.6 Å². The van der Waals surface area contributed by atoms with E-state index in [2.05, 4.69) is 73.8 Å². The highest BCUT2D eigenvalue weighted by molar-refractivity contribution is 6.00. The van der Waals surface area contributed by atoms with Gasteiger partial charge in [-0.1, -0.05) is 90.4 Å². The van der Waals surface area contributed by atoms with Crippen molar-refractivity contribution >= 4 is 94.7 Å². The molecule has 28 N–H and O–H groups in total. The Morgan fingerprint density at radius 3 is 1.73 bits per heavy atom. The Balaban J connectivity index is 1.69. The third-order valence-electron chi connectivity index (χ3n) is 19.1. The Morgan fingerprint density at radius 1 is 0.593 bits per heavy atom. The number of nitrogens with zero attached hydrogens (tertiary/aromatic N) is 3. The SMILES string of the molecule is CC[C@H](C)[C@H](NC(=O)[C@H](CCCN=C(N)N)NC(=O)[C@H]1CCNC(=O)[C@H](CC(C)C)NC(=O)[C@@H](Cc2ccccc2)NC(=O)[C@@H](NC(=O)CNC(=O)[C@@H](N)Cc2ccc(O)cc2)CC(=O)N1)C(=O)N[C@@H](CCCN=C(N)N)C(=O)N1CCC[C@H]1C(=O)N[C@@H](CCCCN)C(=O)N[C@@H](CC(C)C)C(=O)N[C@@H](CCCCN)C(=O)O. The number of likely N-dealkylation sites (tertiary alicyclic amines) is 1. The Bertz CT molecular complexity index is 3540. The van der Waals surface area contributed by atoms with Crippen LogP contribution in [0.2, 0.25) is 0 Å². The van der Waals surface area contributed by atoms with Crippen molar-refractivity contribution < 1.29 is 77.3 Å². The van der Waals surface area contributed by atoms with E-state index in [4.69, 9.17) is 40.1 Å². The number of carboxylic acids is 1. The van der Waals surface area contributed by atoms with Crippen LogP contribution < -0.4 is 104 Å². The van der Waals surface area contributed by atoms with Crippen LogP contribution >= 0.6 is 0 Å². The third kappa shape index (κ3) is 34.4. The number of aliphatic imine (C=N–C) groups is 2. The number of hydrogen-bond donors (Lipinski definition) is 21. The highest BCUT2D eigenvalue weighted by Gasteiger charge is 2.42. The van der Waals surface area contributed by atoms with Gasteiger partial charge in [-0.3, -0.25) is 72.3 Å². The molecule has 0 aromatic heterocycles. The summed E-state index contributed by atoms with van der Waals surface area (Å²) in [5.74, 6) is -14.0. The van der Waals surface area contributed by atoms with Gasteiger partial charge in [0.25, 0.3) is 0 Å². The lowest BCUT2D eigenvalue weighted by atomic mass is 9.96. The molecular weight excluding hydrogens is 1460 g/mol. The summed E-state index contributed by atoms with van der Waals surface area (Å²) in [6.45, 7) is 10.0. The van der Waals surface area contributed by atoms with Crippen LogP contribution in [0, 0.1) is 17.8 Å². The van der Waals surface area contributed by atoms with Crippen LogP contribution in [0.25, 0.3) is 0 Å². The average Bonchev–Trinajstić information content (AvgIpc) is 1.73. The number of hydrogen-bond acceptors (Lipinski definition) is 20. The number of guanidine groups is 2. The summed E-state index contributed by atoms with van der Waals surface area (Å²) in [5.41, 5.74) is 41.4. The lowest BCUT2D eigenvalue weighted by molar-refractivity contribution is -0.143. The van der Waals surface area contributed by atoms with Crippen molar-refractivity contribution in [2.24, 2.45) is 67.9 Å². The van der Waals surface area contributed by atoms with Gasteiger partial charge in [-0.15, -0.1) is 0 Å². The molecule has 2 aromatic rings. The number of aromatic hydroxyl groups is 1. The van der Waals surface area contributed by atoms with Gasteiger partial charge in [-0.05, 0) is 157 Å². The van der Waals surface area contributed by atoms with E-state index in [1.807, 2.05) is 27.7 Å². The summed E-state index contributed by atoms with van der Waals surface area (Å²) < 4.78 is 0. The van der Waals surface area contributed by atoms with Crippen LogP contribution in [-0.4, -0.2) is 228 Å². The molecule has 38 nitrogen and oxygen atoms in total. The highest BCUT2D eigenvalue weighted by atomic mass is 16.4. The maximum atomic E-state index is 15.1. The summed E-state index contributed by atoms with van der Waals surface area (Å²) in [4.78, 5) is 209. The summed E-state index contributed by atoms with van der Waals surface area (Å²) >= 11 is 0. The van der Waals surface area contributed by atoms with Gasteiger partial charge in [0.1, 0.15) is 72.2 Å². The molecule has 0 saturated carbocycles. The normalized spacial score (nSPS) is 19.0. The van der Waals surface area contributed by atoms with Gasteiger partial charge < -0.3 is 119 Å². The number of nitrogens with two attached hydrogens (primary N) is 7. The fraction of sp³-hybridized carbons (Fsp3) is 0.627. The van der Waals surface area contributed by atoms with E-state index in [0.717, 1.165) is 0 Å². The van der Waals surface area contributed by atoms with Crippen molar-refractivity contribution in [1.29, 1.82) is 0 Å². The predicted molar refractivity (Wildman–Crippen MR) is 421 cm³/mol. The van der Waals surface area contributed by atoms with Gasteiger partial charge in [-0.25, -0.2) is 4.79 Å². The number of aliphatic carboxylic acids is 1. The Labute approximate surface area is 659 Å². The van der Waals surface area contributed by atoms with Gasteiger partial charge in [-0.2, -0.15) is 0 Å². The molecule has 113 heavy (non-hydrogen) atoms. The Hall–Kier alpha value is -10.8. The molecular formula is C75H122N22O16. The van der Waals surface area contributed by atoms with Crippen LogP contribution in [0.5, 0.6) is 5.75 Å². The van der Waals surface area contributed by atoms with Gasteiger partial charge in [0.2, 0.25) is 76.8 Å². The molecule has 4 rings (SSSR count). The highest BCUT2D eigenvalue weighted by Crippen LogP contribution is 2.23. The number of phenolic OH excluding ortho intramolecular Hbond substituents is 1. The standard InChI is InChI=1S/C75H122N22O16/c1-7-44(6)61(71(110)91-52(23-16-33-85-75(81)82)72(111)97-35-17-24-58(97)70(109)90-49(20-11-13-30-76)64(103)94-55(37-43(4)5)67(106)92-53(73(112)113)21-12-14-31-77)96-66(105)50(22-15-32-84-74(79)80)89-65(104)51-29-34-83-63(102)54(36-42(2)3)93-68(107)56(39-45-18-9-8-10-19-45)95-69(108)57(40-59(99)87-51)88-60(100)41-86-62(101)48(78)38-46-25-27-47(98)28-26-46/h8-10,18-19,25-28,42-44,48-58,61,98H,7,11-17,20-24,29-41,76-78H2,1-6H3,(H,83,102)(H,86,101)(H,87,99)(H,88,100)(H,89,104)(H,90,109)(H,91,110)(H,92,106)(H,93,107)(H,94,103)(H,95,108)(H,96,105)(H,112,113)(H4,79,80,84)(H4,81,82,85)/t44-,48-,49-,50-,51+,52-,53-,54-,55-,56+,57-,58-,61-/m0/s1. The first kappa shape index (κ1) is 94.6. The Morgan fingerprint density at radius 2 is 1.15 bits per heavy atom. The summed E-state index contributed by atoms with van der Waals surface area (Å²) in [6, 6.07) is -2.15. The molecule has 2 fully saturated rings. The van der Waals surface area contributed by atoms with Crippen LogP contribution in [0.4, 0.5) is 0 Å². The van der Waals surface area contributed by atoms with Crippen LogP contribution in [0.1, 0.15) is 162 Å². The molecule has 0 unspecified atom stereocenters. The van der Waals surface area contributed by atoms with Gasteiger partial charge in [0.15, 0.2) is 11.9 Å². The van der Waals surface area contributed by atoms with E-state index >= 15 is 9.59 Å². The molecule has 2 aliphatic rings. The summed E-state index contributed by atoms with van der Waals surface area (Å²) in [5, 5.41) is 51.4. The first-order chi connectivity index (χ1) is 53.6. The second-order valence-electron chi connectivity index (χ2n) is 29.5. The molecule has 2 aromatic carbocycles. The summed E-state index contributed by atoms with van der Waals surface area (Å²) in [6.07, 6.45) is 1.17. The van der Waals surface area contributed by atoms with Crippen molar-refractivity contribution in [3.8, 4) is 5.75 Å². The average molecular weight is 1590 g/mol. The maximum absolute atomic E-state index is 15.1. The number of phenols is 1. The van der Waals surface area contributed by atoms with Crippen molar-refractivity contribution in [3.05, 3.63) is 65.7 Å². The predicted octanol–water partition coefficient (Wildman–Crippen LogP) is -4.04. The number of carbonyl (C=O) groups excluding carboxylic acids is 13. The maximum Gasteiger partial charge on any atom is 0.326 e. The molecule has 0 aliphatic carbocycles. The second kappa shape index (κ2) is 49.6. The van der Waals surface area contributed by atoms with E-state index in [1.165, 1.54) is 17.0 Å². The van der Waals surface area contributed by atoms with E-state index in [1.54, 1.807) is 56.3 Å². The van der Waals surface area contributed by atoms with Crippen molar-refractivity contribution in [2.75, 3.05) is 45.8 Å². The molecule has 13 amide bonds. The Kier molecular flexibility index (Phi) is 41.5. The number of benzene rings is 2.